The minimum Gasteiger partial charge on any atom is -0.494 e. The molecule has 2 atom stereocenters. The monoisotopic (exact) mass is 304 g/mol. The summed E-state index contributed by atoms with van der Waals surface area (Å²) in [5.74, 6) is 1.92. The predicted molar refractivity (Wildman–Crippen MR) is 88.7 cm³/mol. The molecule has 2 heterocycles. The molecule has 22 heavy (non-hydrogen) atoms. The van der Waals surface area contributed by atoms with Gasteiger partial charge >= 0.3 is 0 Å². The summed E-state index contributed by atoms with van der Waals surface area (Å²) in [6.45, 7) is 11.3. The molecule has 0 saturated carbocycles. The molecule has 1 N–H and O–H groups in total. The van der Waals surface area contributed by atoms with Gasteiger partial charge in [0.1, 0.15) is 17.1 Å². The summed E-state index contributed by atoms with van der Waals surface area (Å²) in [4.78, 5) is 2.54. The third kappa shape index (κ3) is 2.82. The van der Waals surface area contributed by atoms with Crippen molar-refractivity contribution in [3.63, 3.8) is 0 Å². The quantitative estimate of drug-likeness (QED) is 0.907. The Balaban J connectivity index is 1.97. The van der Waals surface area contributed by atoms with Gasteiger partial charge in [0, 0.05) is 37.1 Å². The summed E-state index contributed by atoms with van der Waals surface area (Å²) >= 11 is 0. The molecule has 0 amide bonds. The first kappa shape index (κ1) is 15.6. The molecule has 2 aliphatic rings. The Kier molecular flexibility index (Phi) is 4.59. The Morgan fingerprint density at radius 3 is 2.77 bits per heavy atom. The highest BCUT2D eigenvalue weighted by atomic mass is 16.5. The summed E-state index contributed by atoms with van der Waals surface area (Å²) in [6.07, 6.45) is 2.16. The number of hydrogen-bond donors (Lipinski definition) is 1. The van der Waals surface area contributed by atoms with Crippen LogP contribution in [0.1, 0.15) is 45.2 Å². The van der Waals surface area contributed by atoms with Crippen molar-refractivity contribution in [2.45, 2.75) is 45.3 Å². The lowest BCUT2D eigenvalue weighted by Crippen LogP contribution is -2.46. The van der Waals surface area contributed by atoms with Gasteiger partial charge in [0.25, 0.3) is 0 Å². The number of nitrogens with one attached hydrogen (secondary N) is 1. The summed E-state index contributed by atoms with van der Waals surface area (Å²) < 4.78 is 12.1. The second kappa shape index (κ2) is 6.47. The zero-order chi connectivity index (χ0) is 15.6. The molecule has 2 unspecified atom stereocenters. The van der Waals surface area contributed by atoms with Crippen molar-refractivity contribution in [3.8, 4) is 11.5 Å². The summed E-state index contributed by atoms with van der Waals surface area (Å²) in [6, 6.07) is 6.79. The van der Waals surface area contributed by atoms with Crippen LogP contribution in [0.2, 0.25) is 0 Å². The van der Waals surface area contributed by atoms with Gasteiger partial charge < -0.3 is 14.8 Å². The van der Waals surface area contributed by atoms with Gasteiger partial charge in [0.2, 0.25) is 0 Å². The van der Waals surface area contributed by atoms with Crippen LogP contribution in [0.15, 0.2) is 18.2 Å². The molecule has 0 radical (unpaired) electrons. The van der Waals surface area contributed by atoms with Crippen molar-refractivity contribution in [1.82, 2.24) is 10.2 Å². The van der Waals surface area contributed by atoms with Crippen molar-refractivity contribution in [2.75, 3.05) is 32.8 Å². The number of hydrogen-bond acceptors (Lipinski definition) is 4. The molecule has 122 valence electrons. The van der Waals surface area contributed by atoms with E-state index in [1.807, 2.05) is 6.92 Å². The molecule has 4 heteroatoms. The fourth-order valence-electron chi connectivity index (χ4n) is 3.84. The Morgan fingerprint density at radius 1 is 1.32 bits per heavy atom. The fourth-order valence-corrected chi connectivity index (χ4v) is 3.84. The number of nitrogens with zero attached hydrogens (tertiary/aromatic N) is 1. The van der Waals surface area contributed by atoms with Gasteiger partial charge in [0.05, 0.1) is 6.61 Å². The average Bonchev–Trinajstić information content (AvgIpc) is 2.96. The zero-order valence-electron chi connectivity index (χ0n) is 14.0. The van der Waals surface area contributed by atoms with Gasteiger partial charge in [0.15, 0.2) is 0 Å². The number of benzene rings is 1. The maximum atomic E-state index is 6.47. The van der Waals surface area contributed by atoms with Gasteiger partial charge in [-0.1, -0.05) is 19.9 Å². The van der Waals surface area contributed by atoms with E-state index in [2.05, 4.69) is 42.3 Å². The first-order valence-corrected chi connectivity index (χ1v) is 8.62. The van der Waals surface area contributed by atoms with Crippen LogP contribution in [0, 0.1) is 0 Å². The maximum Gasteiger partial charge on any atom is 0.128 e. The number of ether oxygens (including phenoxy) is 2. The third-order valence-electron chi connectivity index (χ3n) is 5.00. The first-order valence-electron chi connectivity index (χ1n) is 8.62. The normalized spacial score (nSPS) is 27.0. The third-order valence-corrected chi connectivity index (χ3v) is 5.00. The fraction of sp³-hybridized carbons (Fsp3) is 0.667. The Bertz CT molecular complexity index is 508. The molecule has 2 aliphatic heterocycles. The van der Waals surface area contributed by atoms with Gasteiger partial charge in [-0.05, 0) is 32.6 Å². The van der Waals surface area contributed by atoms with E-state index in [1.165, 1.54) is 5.56 Å². The Labute approximate surface area is 133 Å². The molecular weight excluding hydrogens is 276 g/mol. The van der Waals surface area contributed by atoms with Gasteiger partial charge in [-0.3, -0.25) is 4.90 Å². The van der Waals surface area contributed by atoms with Crippen LogP contribution in [-0.2, 0) is 0 Å². The van der Waals surface area contributed by atoms with E-state index in [4.69, 9.17) is 9.47 Å². The van der Waals surface area contributed by atoms with Crippen molar-refractivity contribution < 1.29 is 9.47 Å². The molecule has 3 rings (SSSR count). The molecule has 1 aromatic rings. The van der Waals surface area contributed by atoms with Crippen molar-refractivity contribution >= 4 is 0 Å². The molecule has 4 nitrogen and oxygen atoms in total. The minimum absolute atomic E-state index is 0.0505. The van der Waals surface area contributed by atoms with Gasteiger partial charge in [-0.25, -0.2) is 0 Å². The van der Waals surface area contributed by atoms with E-state index in [0.29, 0.717) is 12.6 Å². The Hall–Kier alpha value is -1.26. The number of rotatable bonds is 5. The molecule has 1 saturated heterocycles. The first-order chi connectivity index (χ1) is 10.7. The van der Waals surface area contributed by atoms with Crippen molar-refractivity contribution in [1.29, 1.82) is 0 Å². The topological polar surface area (TPSA) is 33.7 Å². The van der Waals surface area contributed by atoms with Crippen LogP contribution in [0.5, 0.6) is 11.5 Å². The van der Waals surface area contributed by atoms with E-state index in [9.17, 15) is 0 Å². The maximum absolute atomic E-state index is 6.47. The van der Waals surface area contributed by atoms with E-state index in [1.54, 1.807) is 0 Å². The zero-order valence-corrected chi connectivity index (χ0v) is 14.0. The lowest BCUT2D eigenvalue weighted by Gasteiger charge is -2.43. The van der Waals surface area contributed by atoms with Gasteiger partial charge in [-0.15, -0.1) is 0 Å². The lowest BCUT2D eigenvalue weighted by molar-refractivity contribution is 0.0191. The van der Waals surface area contributed by atoms with E-state index in [-0.39, 0.29) is 5.60 Å². The van der Waals surface area contributed by atoms with E-state index < -0.39 is 0 Å². The van der Waals surface area contributed by atoms with Crippen LogP contribution in [-0.4, -0.2) is 43.3 Å². The van der Waals surface area contributed by atoms with Crippen LogP contribution in [0.4, 0.5) is 0 Å². The van der Waals surface area contributed by atoms with Crippen molar-refractivity contribution in [3.05, 3.63) is 23.8 Å². The predicted octanol–water partition coefficient (Wildman–Crippen LogP) is 2.98. The van der Waals surface area contributed by atoms with Crippen LogP contribution >= 0.6 is 0 Å². The summed E-state index contributed by atoms with van der Waals surface area (Å²) in [5.41, 5.74) is 1.26. The SMILES string of the molecule is CCOc1ccc2c(c1)OC1(CCNC1)CC2N(CC)CC. The largest absolute Gasteiger partial charge is 0.494 e. The van der Waals surface area contributed by atoms with Crippen molar-refractivity contribution in [2.24, 2.45) is 0 Å². The second-order valence-corrected chi connectivity index (χ2v) is 6.29. The van der Waals surface area contributed by atoms with Crippen LogP contribution < -0.4 is 14.8 Å². The smallest absolute Gasteiger partial charge is 0.128 e. The van der Waals surface area contributed by atoms with Crippen LogP contribution in [0.3, 0.4) is 0 Å². The Morgan fingerprint density at radius 2 is 2.14 bits per heavy atom. The molecule has 0 aromatic heterocycles. The second-order valence-electron chi connectivity index (χ2n) is 6.29. The molecule has 1 aromatic carbocycles. The van der Waals surface area contributed by atoms with E-state index >= 15 is 0 Å². The molecule has 0 aliphatic carbocycles. The number of fused-ring (bicyclic) bond motifs is 1. The summed E-state index contributed by atoms with van der Waals surface area (Å²) in [7, 11) is 0. The standard InChI is InChI=1S/C18H28N2O2/c1-4-20(5-2)16-12-18(9-10-19-13-18)22-17-11-14(21-6-3)7-8-15(16)17/h7-8,11,16,19H,4-6,9-10,12-13H2,1-3H3. The van der Waals surface area contributed by atoms with Crippen LogP contribution in [0.25, 0.3) is 0 Å². The van der Waals surface area contributed by atoms with E-state index in [0.717, 1.165) is 50.5 Å². The molecule has 1 spiro atoms. The minimum atomic E-state index is -0.0505. The average molecular weight is 304 g/mol. The molecule has 1 fully saturated rings. The highest BCUT2D eigenvalue weighted by Crippen LogP contribution is 2.46. The lowest BCUT2D eigenvalue weighted by atomic mass is 9.85. The highest BCUT2D eigenvalue weighted by molar-refractivity contribution is 5.45. The summed E-state index contributed by atoms with van der Waals surface area (Å²) in [5, 5.41) is 3.47. The molecule has 0 bridgehead atoms. The van der Waals surface area contributed by atoms with Gasteiger partial charge in [-0.2, -0.15) is 0 Å². The molecular formula is C18H28N2O2. The highest BCUT2D eigenvalue weighted by Gasteiger charge is 2.44.